The molecule has 0 aliphatic carbocycles. The summed E-state index contributed by atoms with van der Waals surface area (Å²) in [5.74, 6) is -0.373. The molecule has 1 unspecified atom stereocenters. The van der Waals surface area contributed by atoms with Crippen LogP contribution >= 0.6 is 0 Å². The lowest BCUT2D eigenvalue weighted by Crippen LogP contribution is -2.43. The van der Waals surface area contributed by atoms with Gasteiger partial charge in [0, 0.05) is 0 Å². The average molecular weight is 295 g/mol. The van der Waals surface area contributed by atoms with Gasteiger partial charge < -0.3 is 19.9 Å². The maximum atomic E-state index is 11.9. The third kappa shape index (κ3) is 5.72. The fourth-order valence-electron chi connectivity index (χ4n) is 1.68. The van der Waals surface area contributed by atoms with E-state index in [2.05, 4.69) is 5.32 Å². The van der Waals surface area contributed by atoms with Crippen molar-refractivity contribution in [3.63, 3.8) is 0 Å². The molecule has 6 nitrogen and oxygen atoms in total. The molecule has 1 aromatic carbocycles. The molecule has 6 heteroatoms. The van der Waals surface area contributed by atoms with E-state index in [1.54, 1.807) is 24.3 Å². The Labute approximate surface area is 124 Å². The molecular weight excluding hydrogens is 274 g/mol. The highest BCUT2D eigenvalue weighted by Gasteiger charge is 2.24. The van der Waals surface area contributed by atoms with Crippen LogP contribution in [0.15, 0.2) is 24.3 Å². The van der Waals surface area contributed by atoms with Crippen molar-refractivity contribution < 1.29 is 24.2 Å². The SMILES string of the molecule is CCOc1ccc(OC(C(=O)NCC(=O)O)C(C)C)cc1. The summed E-state index contributed by atoms with van der Waals surface area (Å²) in [5.41, 5.74) is 0. The molecule has 0 bridgehead atoms. The molecule has 0 saturated carbocycles. The van der Waals surface area contributed by atoms with E-state index in [9.17, 15) is 9.59 Å². The Hall–Kier alpha value is -2.24. The van der Waals surface area contributed by atoms with Gasteiger partial charge in [0.25, 0.3) is 5.91 Å². The fraction of sp³-hybridized carbons (Fsp3) is 0.467. The van der Waals surface area contributed by atoms with Gasteiger partial charge in [-0.2, -0.15) is 0 Å². The van der Waals surface area contributed by atoms with Gasteiger partial charge in [-0.25, -0.2) is 0 Å². The van der Waals surface area contributed by atoms with Crippen LogP contribution in [-0.4, -0.2) is 36.2 Å². The van der Waals surface area contributed by atoms with Crippen LogP contribution in [0.1, 0.15) is 20.8 Å². The second-order valence-corrected chi connectivity index (χ2v) is 4.80. The Bertz CT molecular complexity index is 469. The van der Waals surface area contributed by atoms with Crippen molar-refractivity contribution in [3.05, 3.63) is 24.3 Å². The summed E-state index contributed by atoms with van der Waals surface area (Å²) < 4.78 is 11.0. The molecule has 21 heavy (non-hydrogen) atoms. The van der Waals surface area contributed by atoms with Crippen LogP contribution in [0, 0.1) is 5.92 Å². The zero-order valence-electron chi connectivity index (χ0n) is 12.5. The van der Waals surface area contributed by atoms with E-state index >= 15 is 0 Å². The summed E-state index contributed by atoms with van der Waals surface area (Å²) in [6.07, 6.45) is -0.748. The summed E-state index contributed by atoms with van der Waals surface area (Å²) in [4.78, 5) is 22.4. The number of rotatable bonds is 8. The Balaban J connectivity index is 2.69. The Morgan fingerprint density at radius 2 is 1.76 bits per heavy atom. The highest BCUT2D eigenvalue weighted by molar-refractivity contribution is 5.84. The van der Waals surface area contributed by atoms with Crippen LogP contribution in [0.2, 0.25) is 0 Å². The van der Waals surface area contributed by atoms with Crippen LogP contribution in [0.4, 0.5) is 0 Å². The average Bonchev–Trinajstić information content (AvgIpc) is 2.44. The van der Waals surface area contributed by atoms with Crippen LogP contribution in [-0.2, 0) is 9.59 Å². The normalized spacial score (nSPS) is 11.8. The first-order chi connectivity index (χ1) is 9.93. The second kappa shape index (κ2) is 8.14. The standard InChI is InChI=1S/C15H21NO5/c1-4-20-11-5-7-12(8-6-11)21-14(10(2)3)15(19)16-9-13(17)18/h5-8,10,14H,4,9H2,1-3H3,(H,16,19)(H,17,18). The molecule has 1 aromatic rings. The Morgan fingerprint density at radius 3 is 2.24 bits per heavy atom. The first kappa shape index (κ1) is 16.8. The highest BCUT2D eigenvalue weighted by Crippen LogP contribution is 2.20. The third-order valence-corrected chi connectivity index (χ3v) is 2.68. The molecule has 0 fully saturated rings. The lowest BCUT2D eigenvalue weighted by molar-refractivity contribution is -0.139. The van der Waals surface area contributed by atoms with Crippen molar-refractivity contribution in [1.82, 2.24) is 5.32 Å². The lowest BCUT2D eigenvalue weighted by atomic mass is 10.1. The van der Waals surface area contributed by atoms with Gasteiger partial charge in [-0.05, 0) is 37.1 Å². The van der Waals surface area contributed by atoms with E-state index in [0.29, 0.717) is 12.4 Å². The van der Waals surface area contributed by atoms with Gasteiger partial charge >= 0.3 is 5.97 Å². The molecular formula is C15H21NO5. The van der Waals surface area contributed by atoms with E-state index in [1.165, 1.54) is 0 Å². The lowest BCUT2D eigenvalue weighted by Gasteiger charge is -2.21. The summed E-state index contributed by atoms with van der Waals surface area (Å²) in [6, 6.07) is 6.94. The number of aliphatic carboxylic acids is 1. The Kier molecular flexibility index (Phi) is 6.52. The van der Waals surface area contributed by atoms with Gasteiger partial charge in [0.15, 0.2) is 6.10 Å². The fourth-order valence-corrected chi connectivity index (χ4v) is 1.68. The van der Waals surface area contributed by atoms with Gasteiger partial charge in [-0.15, -0.1) is 0 Å². The zero-order chi connectivity index (χ0) is 15.8. The number of carbonyl (C=O) groups excluding carboxylic acids is 1. The molecule has 1 rings (SSSR count). The number of hydrogen-bond donors (Lipinski definition) is 2. The van der Waals surface area contributed by atoms with E-state index in [0.717, 1.165) is 5.75 Å². The van der Waals surface area contributed by atoms with Gasteiger partial charge in [0.1, 0.15) is 18.0 Å². The maximum Gasteiger partial charge on any atom is 0.322 e. The molecule has 0 saturated heterocycles. The van der Waals surface area contributed by atoms with E-state index < -0.39 is 24.5 Å². The van der Waals surface area contributed by atoms with Crippen molar-refractivity contribution in [2.45, 2.75) is 26.9 Å². The summed E-state index contributed by atoms with van der Waals surface area (Å²) in [5, 5.41) is 10.9. The zero-order valence-corrected chi connectivity index (χ0v) is 12.5. The molecule has 0 radical (unpaired) electrons. The van der Waals surface area contributed by atoms with Crippen LogP contribution in [0.5, 0.6) is 11.5 Å². The topological polar surface area (TPSA) is 84.9 Å². The van der Waals surface area contributed by atoms with Crippen LogP contribution in [0.3, 0.4) is 0 Å². The van der Waals surface area contributed by atoms with E-state index in [-0.39, 0.29) is 5.92 Å². The smallest absolute Gasteiger partial charge is 0.322 e. The van der Waals surface area contributed by atoms with Gasteiger partial charge in [0.05, 0.1) is 6.61 Å². The number of benzene rings is 1. The molecule has 0 heterocycles. The number of ether oxygens (including phenoxy) is 2. The molecule has 0 spiro atoms. The van der Waals surface area contributed by atoms with Crippen molar-refractivity contribution in [1.29, 1.82) is 0 Å². The molecule has 116 valence electrons. The number of nitrogens with one attached hydrogen (secondary N) is 1. The molecule has 1 amide bonds. The number of carbonyl (C=O) groups is 2. The predicted molar refractivity (Wildman–Crippen MR) is 77.5 cm³/mol. The monoisotopic (exact) mass is 295 g/mol. The summed E-state index contributed by atoms with van der Waals surface area (Å²) >= 11 is 0. The molecule has 0 aliphatic rings. The van der Waals surface area contributed by atoms with E-state index in [1.807, 2.05) is 20.8 Å². The molecule has 0 aliphatic heterocycles. The number of carboxylic acids is 1. The minimum Gasteiger partial charge on any atom is -0.494 e. The van der Waals surface area contributed by atoms with E-state index in [4.69, 9.17) is 14.6 Å². The summed E-state index contributed by atoms with van der Waals surface area (Å²) in [6.45, 7) is 5.71. The van der Waals surface area contributed by atoms with Crippen molar-refractivity contribution in [3.8, 4) is 11.5 Å². The largest absolute Gasteiger partial charge is 0.494 e. The molecule has 2 N–H and O–H groups in total. The maximum absolute atomic E-state index is 11.9. The van der Waals surface area contributed by atoms with Gasteiger partial charge in [-0.3, -0.25) is 9.59 Å². The second-order valence-electron chi connectivity index (χ2n) is 4.80. The third-order valence-electron chi connectivity index (χ3n) is 2.68. The molecule has 0 aromatic heterocycles. The first-order valence-electron chi connectivity index (χ1n) is 6.83. The number of carboxylic acid groups (broad SMARTS) is 1. The minimum atomic E-state index is -1.09. The Morgan fingerprint density at radius 1 is 1.19 bits per heavy atom. The minimum absolute atomic E-state index is 0.0923. The van der Waals surface area contributed by atoms with Crippen molar-refractivity contribution in [2.24, 2.45) is 5.92 Å². The molecule has 1 atom stereocenters. The van der Waals surface area contributed by atoms with Gasteiger partial charge in [-0.1, -0.05) is 13.8 Å². The first-order valence-corrected chi connectivity index (χ1v) is 6.83. The quantitative estimate of drug-likeness (QED) is 0.762. The highest BCUT2D eigenvalue weighted by atomic mass is 16.5. The van der Waals surface area contributed by atoms with Crippen molar-refractivity contribution in [2.75, 3.05) is 13.2 Å². The predicted octanol–water partition coefficient (Wildman–Crippen LogP) is 1.69. The number of amides is 1. The van der Waals surface area contributed by atoms with Crippen LogP contribution < -0.4 is 14.8 Å². The van der Waals surface area contributed by atoms with Crippen LogP contribution in [0.25, 0.3) is 0 Å². The van der Waals surface area contributed by atoms with Gasteiger partial charge in [0.2, 0.25) is 0 Å². The number of hydrogen-bond acceptors (Lipinski definition) is 4. The van der Waals surface area contributed by atoms with Crippen molar-refractivity contribution >= 4 is 11.9 Å². The summed E-state index contributed by atoms with van der Waals surface area (Å²) in [7, 11) is 0.